The van der Waals surface area contributed by atoms with Crippen LogP contribution in [0.4, 0.5) is 4.39 Å². The fraction of sp³-hybridized carbons (Fsp3) is 0.500. The van der Waals surface area contributed by atoms with Gasteiger partial charge in [0.25, 0.3) is 0 Å². The number of rotatable bonds is 8. The summed E-state index contributed by atoms with van der Waals surface area (Å²) in [6, 6.07) is 5.53. The molecule has 3 aromatic rings. The topological polar surface area (TPSA) is 85.6 Å². The Kier molecular flexibility index (Phi) is 7.99. The van der Waals surface area contributed by atoms with Gasteiger partial charge < -0.3 is 14.4 Å². The molecular weight excluding hydrogens is 487 g/mol. The van der Waals surface area contributed by atoms with Crippen molar-refractivity contribution in [1.29, 1.82) is 0 Å². The number of nitrogens with zero attached hydrogens (tertiary/aromatic N) is 6. The van der Waals surface area contributed by atoms with E-state index in [0.717, 1.165) is 54.0 Å². The number of unbranched alkanes of at least 4 members (excludes halogenated alkanes) is 1. The normalized spacial score (nSPS) is 17.3. The molecule has 0 spiro atoms. The lowest BCUT2D eigenvalue weighted by molar-refractivity contribution is -0.135. The largest absolute Gasteiger partial charge is 0.479 e. The van der Waals surface area contributed by atoms with Crippen LogP contribution in [0, 0.1) is 5.82 Å². The SMILES string of the molecule is CCCCC(c1cc(-c2nn(-c3cnc(OC)c(F)c3)c3c2CCOCC3)ccn1)N1CCN(C)C(=O)C1. The predicted molar refractivity (Wildman–Crippen MR) is 141 cm³/mol. The smallest absolute Gasteiger partial charge is 0.250 e. The second-order valence-corrected chi connectivity index (χ2v) is 9.90. The number of hydrogen-bond donors (Lipinski definition) is 0. The molecule has 10 heteroatoms. The molecule has 1 amide bonds. The highest BCUT2D eigenvalue weighted by Gasteiger charge is 2.29. The highest BCUT2D eigenvalue weighted by Crippen LogP contribution is 2.33. The van der Waals surface area contributed by atoms with Crippen LogP contribution in [0.1, 0.15) is 49.2 Å². The van der Waals surface area contributed by atoms with Crippen LogP contribution in [0.25, 0.3) is 16.9 Å². The summed E-state index contributed by atoms with van der Waals surface area (Å²) in [5, 5.41) is 4.98. The number of fused-ring (bicyclic) bond motifs is 1. The number of ether oxygens (including phenoxy) is 2. The number of hydrogen-bond acceptors (Lipinski definition) is 7. The van der Waals surface area contributed by atoms with Gasteiger partial charge in [-0.25, -0.2) is 14.1 Å². The van der Waals surface area contributed by atoms with E-state index in [-0.39, 0.29) is 17.8 Å². The third kappa shape index (κ3) is 5.28. The van der Waals surface area contributed by atoms with Crippen LogP contribution in [0.2, 0.25) is 0 Å². The fourth-order valence-corrected chi connectivity index (χ4v) is 5.31. The molecule has 5 rings (SSSR count). The van der Waals surface area contributed by atoms with Crippen molar-refractivity contribution in [2.75, 3.05) is 47.0 Å². The summed E-state index contributed by atoms with van der Waals surface area (Å²) < 4.78 is 27.1. The average Bonchev–Trinajstić information content (AvgIpc) is 3.11. The van der Waals surface area contributed by atoms with Crippen molar-refractivity contribution in [2.45, 2.75) is 45.1 Å². The Morgan fingerprint density at radius 2 is 2.03 bits per heavy atom. The zero-order chi connectivity index (χ0) is 26.6. The zero-order valence-corrected chi connectivity index (χ0v) is 22.3. The third-order valence-electron chi connectivity index (χ3n) is 7.45. The van der Waals surface area contributed by atoms with Gasteiger partial charge in [0.15, 0.2) is 5.82 Å². The molecule has 38 heavy (non-hydrogen) atoms. The number of amides is 1. The highest BCUT2D eigenvalue weighted by molar-refractivity contribution is 5.78. The van der Waals surface area contributed by atoms with E-state index in [4.69, 9.17) is 19.6 Å². The fourth-order valence-electron chi connectivity index (χ4n) is 5.31. The summed E-state index contributed by atoms with van der Waals surface area (Å²) >= 11 is 0. The summed E-state index contributed by atoms with van der Waals surface area (Å²) in [5.41, 5.74) is 5.37. The quantitative estimate of drug-likeness (QED) is 0.447. The van der Waals surface area contributed by atoms with E-state index in [2.05, 4.69) is 22.9 Å². The van der Waals surface area contributed by atoms with Gasteiger partial charge in [0.1, 0.15) is 0 Å². The average molecular weight is 523 g/mol. The molecule has 1 saturated heterocycles. The van der Waals surface area contributed by atoms with Gasteiger partial charge in [-0.1, -0.05) is 19.8 Å². The van der Waals surface area contributed by atoms with Gasteiger partial charge in [-0.3, -0.25) is 14.7 Å². The highest BCUT2D eigenvalue weighted by atomic mass is 19.1. The van der Waals surface area contributed by atoms with Gasteiger partial charge in [0.05, 0.1) is 61.9 Å². The molecule has 0 N–H and O–H groups in total. The van der Waals surface area contributed by atoms with Gasteiger partial charge in [-0.05, 0) is 25.0 Å². The lowest BCUT2D eigenvalue weighted by atomic mass is 9.98. The predicted octanol–water partition coefficient (Wildman–Crippen LogP) is 3.60. The molecule has 9 nitrogen and oxygen atoms in total. The van der Waals surface area contributed by atoms with E-state index in [1.807, 2.05) is 19.3 Å². The number of pyridine rings is 2. The number of likely N-dealkylation sites (N-methyl/N-ethyl adjacent to an activating group) is 1. The Labute approximate surface area is 222 Å². The summed E-state index contributed by atoms with van der Waals surface area (Å²) in [4.78, 5) is 25.4. The summed E-state index contributed by atoms with van der Waals surface area (Å²) in [6.07, 6.45) is 7.83. The maximum Gasteiger partial charge on any atom is 0.250 e. The van der Waals surface area contributed by atoms with Crippen LogP contribution in [-0.4, -0.2) is 82.5 Å². The summed E-state index contributed by atoms with van der Waals surface area (Å²) in [7, 11) is 3.25. The number of carbonyl (C=O) groups excluding carboxylic acids is 1. The minimum atomic E-state index is -0.535. The van der Waals surface area contributed by atoms with Gasteiger partial charge in [-0.15, -0.1) is 0 Å². The standard InChI is InChI=1S/C28H35FN6O3/c1-4-5-6-25(34-12-11-33(2)26(36)18-34)23-15-19(7-10-30-23)27-21-8-13-38-14-9-24(21)35(32-27)20-16-22(29)28(37-3)31-17-20/h7,10,15-17,25H,4-6,8-9,11-14,18H2,1-3H3. The molecule has 1 fully saturated rings. The number of piperazine rings is 1. The van der Waals surface area contributed by atoms with E-state index < -0.39 is 5.82 Å². The van der Waals surface area contributed by atoms with Crippen molar-refractivity contribution in [1.82, 2.24) is 29.5 Å². The first-order valence-electron chi connectivity index (χ1n) is 13.3. The molecule has 0 saturated carbocycles. The van der Waals surface area contributed by atoms with Gasteiger partial charge in [0, 0.05) is 49.9 Å². The van der Waals surface area contributed by atoms with Crippen LogP contribution in [0.15, 0.2) is 30.6 Å². The van der Waals surface area contributed by atoms with E-state index in [0.29, 0.717) is 44.8 Å². The van der Waals surface area contributed by atoms with E-state index in [1.165, 1.54) is 13.2 Å². The minimum absolute atomic E-state index is 0.0464. The molecule has 2 aliphatic heterocycles. The number of methoxy groups -OCH3 is 1. The monoisotopic (exact) mass is 522 g/mol. The first kappa shape index (κ1) is 26.2. The van der Waals surface area contributed by atoms with E-state index >= 15 is 0 Å². The molecule has 5 heterocycles. The molecule has 0 aromatic carbocycles. The van der Waals surface area contributed by atoms with Crippen molar-refractivity contribution in [3.8, 4) is 22.8 Å². The van der Waals surface area contributed by atoms with Crippen molar-refractivity contribution >= 4 is 5.91 Å². The van der Waals surface area contributed by atoms with Crippen molar-refractivity contribution in [3.05, 3.63) is 53.4 Å². The Bertz CT molecular complexity index is 1300. The Hall–Kier alpha value is -3.37. The maximum absolute atomic E-state index is 14.6. The molecule has 1 unspecified atom stereocenters. The van der Waals surface area contributed by atoms with Crippen LogP contribution in [-0.2, 0) is 22.4 Å². The summed E-state index contributed by atoms with van der Waals surface area (Å²) in [6.45, 7) is 5.28. The lowest BCUT2D eigenvalue weighted by Gasteiger charge is -2.37. The second kappa shape index (κ2) is 11.6. The molecule has 3 aromatic heterocycles. The molecule has 0 bridgehead atoms. The Morgan fingerprint density at radius 1 is 1.18 bits per heavy atom. The molecule has 202 valence electrons. The van der Waals surface area contributed by atoms with E-state index in [1.54, 1.807) is 15.8 Å². The number of halogens is 1. The lowest BCUT2D eigenvalue weighted by Crippen LogP contribution is -2.49. The van der Waals surface area contributed by atoms with Gasteiger partial charge in [-0.2, -0.15) is 5.10 Å². The molecule has 0 aliphatic carbocycles. The van der Waals surface area contributed by atoms with Crippen molar-refractivity contribution in [3.63, 3.8) is 0 Å². The summed E-state index contributed by atoms with van der Waals surface area (Å²) in [5.74, 6) is -0.444. The van der Waals surface area contributed by atoms with Crippen LogP contribution < -0.4 is 4.74 Å². The molecule has 1 atom stereocenters. The Morgan fingerprint density at radius 3 is 2.79 bits per heavy atom. The van der Waals surface area contributed by atoms with Crippen LogP contribution in [0.5, 0.6) is 5.88 Å². The first-order chi connectivity index (χ1) is 18.5. The van der Waals surface area contributed by atoms with Crippen LogP contribution >= 0.6 is 0 Å². The molecule has 2 aliphatic rings. The second-order valence-electron chi connectivity index (χ2n) is 9.90. The third-order valence-corrected chi connectivity index (χ3v) is 7.45. The molecule has 0 radical (unpaired) electrons. The minimum Gasteiger partial charge on any atom is -0.479 e. The Balaban J connectivity index is 1.55. The van der Waals surface area contributed by atoms with Crippen molar-refractivity contribution in [2.24, 2.45) is 0 Å². The number of carbonyl (C=O) groups is 1. The van der Waals surface area contributed by atoms with Gasteiger partial charge >= 0.3 is 0 Å². The molecular formula is C28H35FN6O3. The number of aromatic nitrogens is 4. The van der Waals surface area contributed by atoms with Crippen molar-refractivity contribution < 1.29 is 18.7 Å². The first-order valence-corrected chi connectivity index (χ1v) is 13.3. The van der Waals surface area contributed by atoms with E-state index in [9.17, 15) is 9.18 Å². The van der Waals surface area contributed by atoms with Gasteiger partial charge in [0.2, 0.25) is 11.8 Å². The van der Waals surface area contributed by atoms with Crippen LogP contribution in [0.3, 0.4) is 0 Å². The zero-order valence-electron chi connectivity index (χ0n) is 22.3. The maximum atomic E-state index is 14.6.